The molecule has 3 aromatic heterocycles. The standard InChI is InChI=1S/C12H14N6OS/c1-7-5-8-10(14-4-3-9-15-6-19-18-9)16-12(13-2)17-11(8)20-7/h5-6H,3-4H2,1-2H3,(H2,13,14,16,17). The predicted molar refractivity (Wildman–Crippen MR) is 78.2 cm³/mol. The van der Waals surface area contributed by atoms with Crippen LogP contribution >= 0.6 is 11.3 Å². The van der Waals surface area contributed by atoms with E-state index < -0.39 is 0 Å². The summed E-state index contributed by atoms with van der Waals surface area (Å²) in [6, 6.07) is 2.09. The number of nitrogens with zero attached hydrogens (tertiary/aromatic N) is 4. The third-order valence-electron chi connectivity index (χ3n) is 2.79. The monoisotopic (exact) mass is 290 g/mol. The number of nitrogens with one attached hydrogen (secondary N) is 2. The minimum Gasteiger partial charge on any atom is -0.369 e. The second kappa shape index (κ2) is 5.41. The number of aryl methyl sites for hydroxylation is 1. The van der Waals surface area contributed by atoms with Crippen LogP contribution in [-0.2, 0) is 6.42 Å². The second-order valence-electron chi connectivity index (χ2n) is 4.25. The van der Waals surface area contributed by atoms with Gasteiger partial charge in [0, 0.05) is 24.9 Å². The van der Waals surface area contributed by atoms with Gasteiger partial charge < -0.3 is 15.2 Å². The van der Waals surface area contributed by atoms with E-state index >= 15 is 0 Å². The summed E-state index contributed by atoms with van der Waals surface area (Å²) in [5.74, 6) is 2.12. The Morgan fingerprint density at radius 3 is 3.00 bits per heavy atom. The van der Waals surface area contributed by atoms with E-state index in [1.165, 1.54) is 11.3 Å². The van der Waals surface area contributed by atoms with Crippen LogP contribution in [0.5, 0.6) is 0 Å². The third-order valence-corrected chi connectivity index (χ3v) is 3.73. The molecule has 0 amide bonds. The molecule has 0 radical (unpaired) electrons. The van der Waals surface area contributed by atoms with Gasteiger partial charge in [-0.1, -0.05) is 5.16 Å². The Hall–Kier alpha value is -2.22. The number of hydrogen-bond acceptors (Lipinski definition) is 8. The van der Waals surface area contributed by atoms with Crippen molar-refractivity contribution in [1.82, 2.24) is 20.1 Å². The lowest BCUT2D eigenvalue weighted by Crippen LogP contribution is -2.09. The van der Waals surface area contributed by atoms with E-state index in [0.29, 0.717) is 24.7 Å². The predicted octanol–water partition coefficient (Wildman–Crippen LogP) is 2.08. The Labute approximate surface area is 119 Å². The zero-order chi connectivity index (χ0) is 13.9. The van der Waals surface area contributed by atoms with Crippen molar-refractivity contribution in [3.63, 3.8) is 0 Å². The molecule has 0 bridgehead atoms. The maximum absolute atomic E-state index is 4.70. The zero-order valence-electron chi connectivity index (χ0n) is 11.2. The van der Waals surface area contributed by atoms with Crippen molar-refractivity contribution in [2.24, 2.45) is 0 Å². The molecule has 0 aliphatic heterocycles. The summed E-state index contributed by atoms with van der Waals surface area (Å²) in [5.41, 5.74) is 0. The highest BCUT2D eigenvalue weighted by Crippen LogP contribution is 2.29. The third kappa shape index (κ3) is 2.55. The minimum atomic E-state index is 0.612. The van der Waals surface area contributed by atoms with Crippen LogP contribution in [0.15, 0.2) is 17.0 Å². The van der Waals surface area contributed by atoms with Gasteiger partial charge in [0.15, 0.2) is 5.82 Å². The number of hydrogen-bond donors (Lipinski definition) is 2. The van der Waals surface area contributed by atoms with Gasteiger partial charge in [0.1, 0.15) is 10.6 Å². The lowest BCUT2D eigenvalue weighted by Gasteiger charge is -2.07. The normalized spacial score (nSPS) is 10.9. The van der Waals surface area contributed by atoms with Gasteiger partial charge in [-0.3, -0.25) is 0 Å². The molecule has 8 heteroatoms. The molecule has 3 heterocycles. The minimum absolute atomic E-state index is 0.612. The number of aromatic nitrogens is 4. The first-order valence-corrected chi connectivity index (χ1v) is 7.03. The SMILES string of the molecule is CNc1nc(NCCc2ncon2)c2cc(C)sc2n1. The van der Waals surface area contributed by atoms with Gasteiger partial charge in [-0.05, 0) is 13.0 Å². The average Bonchev–Trinajstić information content (AvgIpc) is 3.06. The van der Waals surface area contributed by atoms with E-state index in [9.17, 15) is 0 Å². The van der Waals surface area contributed by atoms with Gasteiger partial charge in [-0.2, -0.15) is 9.97 Å². The molecule has 7 nitrogen and oxygen atoms in total. The fourth-order valence-electron chi connectivity index (χ4n) is 1.88. The fourth-order valence-corrected chi connectivity index (χ4v) is 2.76. The zero-order valence-corrected chi connectivity index (χ0v) is 12.0. The van der Waals surface area contributed by atoms with E-state index in [1.807, 2.05) is 7.05 Å². The number of anilines is 2. The highest BCUT2D eigenvalue weighted by molar-refractivity contribution is 7.18. The molecule has 2 N–H and O–H groups in total. The number of thiophene rings is 1. The molecule has 0 unspecified atom stereocenters. The first-order valence-electron chi connectivity index (χ1n) is 6.21. The highest BCUT2D eigenvalue weighted by Gasteiger charge is 2.10. The topological polar surface area (TPSA) is 88.8 Å². The van der Waals surface area contributed by atoms with Crippen LogP contribution in [0.3, 0.4) is 0 Å². The van der Waals surface area contributed by atoms with Crippen molar-refractivity contribution in [2.45, 2.75) is 13.3 Å². The van der Waals surface area contributed by atoms with Crippen molar-refractivity contribution >= 4 is 33.3 Å². The van der Waals surface area contributed by atoms with Crippen LogP contribution in [0.4, 0.5) is 11.8 Å². The largest absolute Gasteiger partial charge is 0.369 e. The van der Waals surface area contributed by atoms with Gasteiger partial charge in [-0.15, -0.1) is 11.3 Å². The van der Waals surface area contributed by atoms with Crippen molar-refractivity contribution < 1.29 is 4.52 Å². The lowest BCUT2D eigenvalue weighted by atomic mass is 10.3. The molecule has 0 aliphatic rings. The molecule has 0 saturated heterocycles. The Morgan fingerprint density at radius 2 is 2.25 bits per heavy atom. The molecule has 3 aromatic rings. The number of fused-ring (bicyclic) bond motifs is 1. The van der Waals surface area contributed by atoms with E-state index in [0.717, 1.165) is 16.0 Å². The summed E-state index contributed by atoms with van der Waals surface area (Å²) in [6.45, 7) is 2.75. The van der Waals surface area contributed by atoms with E-state index in [2.05, 4.69) is 43.7 Å². The van der Waals surface area contributed by atoms with Crippen molar-refractivity contribution in [1.29, 1.82) is 0 Å². The molecule has 0 saturated carbocycles. The quantitative estimate of drug-likeness (QED) is 0.743. The molecule has 104 valence electrons. The molecule has 0 spiro atoms. The Balaban J connectivity index is 1.81. The molecular formula is C12H14N6OS. The maximum Gasteiger partial charge on any atom is 0.225 e. The lowest BCUT2D eigenvalue weighted by molar-refractivity contribution is 0.410. The summed E-state index contributed by atoms with van der Waals surface area (Å²) < 4.78 is 4.70. The van der Waals surface area contributed by atoms with Gasteiger partial charge in [0.05, 0.1) is 5.39 Å². The van der Waals surface area contributed by atoms with Gasteiger partial charge >= 0.3 is 0 Å². The molecular weight excluding hydrogens is 276 g/mol. The molecule has 0 fully saturated rings. The number of rotatable bonds is 5. The van der Waals surface area contributed by atoms with E-state index in [-0.39, 0.29) is 0 Å². The molecule has 0 atom stereocenters. The second-order valence-corrected chi connectivity index (χ2v) is 5.48. The van der Waals surface area contributed by atoms with E-state index in [4.69, 9.17) is 4.52 Å². The fraction of sp³-hybridized carbons (Fsp3) is 0.333. The first kappa shape index (κ1) is 12.8. The van der Waals surface area contributed by atoms with Crippen LogP contribution in [0.25, 0.3) is 10.2 Å². The molecule has 3 rings (SSSR count). The van der Waals surface area contributed by atoms with E-state index in [1.54, 1.807) is 11.3 Å². The van der Waals surface area contributed by atoms with Crippen molar-refractivity contribution in [3.05, 3.63) is 23.2 Å². The molecule has 0 aromatic carbocycles. The van der Waals surface area contributed by atoms with Gasteiger partial charge in [0.25, 0.3) is 0 Å². The smallest absolute Gasteiger partial charge is 0.225 e. The summed E-state index contributed by atoms with van der Waals surface area (Å²) in [5, 5.41) is 11.1. The van der Waals surface area contributed by atoms with Gasteiger partial charge in [-0.25, -0.2) is 4.98 Å². The van der Waals surface area contributed by atoms with Crippen LogP contribution in [0.1, 0.15) is 10.7 Å². The first-order chi connectivity index (χ1) is 9.76. The summed E-state index contributed by atoms with van der Waals surface area (Å²) in [6.07, 6.45) is 2.01. The average molecular weight is 290 g/mol. The molecule has 0 aliphatic carbocycles. The highest BCUT2D eigenvalue weighted by atomic mass is 32.1. The van der Waals surface area contributed by atoms with Crippen LogP contribution in [-0.4, -0.2) is 33.7 Å². The Morgan fingerprint density at radius 1 is 1.35 bits per heavy atom. The summed E-state index contributed by atoms with van der Waals surface area (Å²) >= 11 is 1.66. The van der Waals surface area contributed by atoms with Crippen LogP contribution < -0.4 is 10.6 Å². The van der Waals surface area contributed by atoms with Crippen LogP contribution in [0.2, 0.25) is 0 Å². The summed E-state index contributed by atoms with van der Waals surface area (Å²) in [4.78, 5) is 15.1. The Kier molecular flexibility index (Phi) is 3.46. The van der Waals surface area contributed by atoms with Crippen molar-refractivity contribution in [2.75, 3.05) is 24.2 Å². The maximum atomic E-state index is 4.70. The summed E-state index contributed by atoms with van der Waals surface area (Å²) in [7, 11) is 1.81. The van der Waals surface area contributed by atoms with Gasteiger partial charge in [0.2, 0.25) is 12.3 Å². The Bertz CT molecular complexity index is 708. The van der Waals surface area contributed by atoms with Crippen LogP contribution in [0, 0.1) is 6.92 Å². The van der Waals surface area contributed by atoms with Crippen molar-refractivity contribution in [3.8, 4) is 0 Å². The molecule has 20 heavy (non-hydrogen) atoms.